The van der Waals surface area contributed by atoms with E-state index < -0.39 is 0 Å². The second kappa shape index (κ2) is 7.92. The normalized spacial score (nSPS) is 17.0. The molecule has 0 radical (unpaired) electrons. The van der Waals surface area contributed by atoms with Gasteiger partial charge in [0.2, 0.25) is 0 Å². The molecule has 0 saturated heterocycles. The summed E-state index contributed by atoms with van der Waals surface area (Å²) in [7, 11) is 5.75. The maximum atomic E-state index is 13.3. The van der Waals surface area contributed by atoms with Gasteiger partial charge in [-0.15, -0.1) is 0 Å². The minimum absolute atomic E-state index is 0.133. The highest BCUT2D eigenvalue weighted by molar-refractivity contribution is 5.95. The topological polar surface area (TPSA) is 32.8 Å². The fraction of sp³-hybridized carbons (Fsp3) is 0.409. The number of fused-ring (bicyclic) bond motifs is 1. The Balaban J connectivity index is 1.84. The molecule has 1 atom stereocenters. The molecular formula is C22H28N2O2. The van der Waals surface area contributed by atoms with Gasteiger partial charge in [0.25, 0.3) is 5.91 Å². The predicted molar refractivity (Wildman–Crippen MR) is 105 cm³/mol. The van der Waals surface area contributed by atoms with Gasteiger partial charge >= 0.3 is 0 Å². The Labute approximate surface area is 156 Å². The van der Waals surface area contributed by atoms with Crippen molar-refractivity contribution in [3.05, 3.63) is 64.7 Å². The molecule has 26 heavy (non-hydrogen) atoms. The van der Waals surface area contributed by atoms with Crippen molar-refractivity contribution in [2.24, 2.45) is 0 Å². The number of methoxy groups -OCH3 is 1. The zero-order chi connectivity index (χ0) is 18.7. The molecule has 0 saturated carbocycles. The Morgan fingerprint density at radius 2 is 2.00 bits per heavy atom. The highest BCUT2D eigenvalue weighted by atomic mass is 16.5. The molecule has 0 aliphatic carbocycles. The third kappa shape index (κ3) is 3.91. The summed E-state index contributed by atoms with van der Waals surface area (Å²) in [6.07, 6.45) is 0.880. The molecule has 1 aliphatic heterocycles. The zero-order valence-electron chi connectivity index (χ0n) is 16.2. The number of rotatable bonds is 4. The summed E-state index contributed by atoms with van der Waals surface area (Å²) in [6, 6.07) is 14.2. The first-order valence-electron chi connectivity index (χ1n) is 9.18. The molecule has 1 aliphatic rings. The third-order valence-corrected chi connectivity index (χ3v) is 5.05. The van der Waals surface area contributed by atoms with E-state index in [0.717, 1.165) is 42.9 Å². The lowest BCUT2D eigenvalue weighted by Crippen LogP contribution is -2.35. The van der Waals surface area contributed by atoms with Gasteiger partial charge in [0, 0.05) is 25.2 Å². The number of carbonyl (C=O) groups is 1. The van der Waals surface area contributed by atoms with E-state index in [2.05, 4.69) is 24.0 Å². The van der Waals surface area contributed by atoms with E-state index >= 15 is 0 Å². The molecule has 0 bridgehead atoms. The maximum absolute atomic E-state index is 13.3. The summed E-state index contributed by atoms with van der Waals surface area (Å²) in [5, 5.41) is 0. The van der Waals surface area contributed by atoms with Crippen LogP contribution in [0.4, 0.5) is 0 Å². The molecule has 0 aromatic heterocycles. The van der Waals surface area contributed by atoms with Crippen molar-refractivity contribution in [2.75, 3.05) is 34.3 Å². The minimum Gasteiger partial charge on any atom is -0.497 e. The highest BCUT2D eigenvalue weighted by Crippen LogP contribution is 2.29. The molecular weight excluding hydrogens is 324 g/mol. The molecule has 138 valence electrons. The fourth-order valence-corrected chi connectivity index (χ4v) is 3.72. The summed E-state index contributed by atoms with van der Waals surface area (Å²) in [5.41, 5.74) is 4.51. The molecule has 4 heteroatoms. The Bertz CT molecular complexity index is 785. The number of hydrogen-bond donors (Lipinski definition) is 0. The number of ether oxygens (including phenoxy) is 1. The summed E-state index contributed by atoms with van der Waals surface area (Å²) in [6.45, 7) is 4.44. The lowest BCUT2D eigenvalue weighted by molar-refractivity contribution is 0.0752. The molecule has 1 unspecified atom stereocenters. The second-order valence-electron chi connectivity index (χ2n) is 7.36. The van der Waals surface area contributed by atoms with Gasteiger partial charge in [-0.1, -0.05) is 31.2 Å². The Kier molecular flexibility index (Phi) is 5.62. The summed E-state index contributed by atoms with van der Waals surface area (Å²) in [5.74, 6) is 1.30. The van der Waals surface area contributed by atoms with Crippen LogP contribution < -0.4 is 4.74 Å². The Hall–Kier alpha value is -2.33. The van der Waals surface area contributed by atoms with Crippen LogP contribution in [0, 0.1) is 0 Å². The summed E-state index contributed by atoms with van der Waals surface area (Å²) in [4.78, 5) is 17.4. The van der Waals surface area contributed by atoms with Gasteiger partial charge < -0.3 is 14.5 Å². The summed E-state index contributed by atoms with van der Waals surface area (Å²) < 4.78 is 5.38. The number of amides is 1. The highest BCUT2D eigenvalue weighted by Gasteiger charge is 2.25. The molecule has 0 N–H and O–H groups in total. The van der Waals surface area contributed by atoms with E-state index in [1.165, 1.54) is 11.1 Å². The van der Waals surface area contributed by atoms with Crippen LogP contribution in [0.5, 0.6) is 5.75 Å². The molecule has 1 amide bonds. The number of nitrogens with zero attached hydrogens (tertiary/aromatic N) is 2. The smallest absolute Gasteiger partial charge is 0.254 e. The zero-order valence-corrected chi connectivity index (χ0v) is 16.2. The van der Waals surface area contributed by atoms with Crippen molar-refractivity contribution in [2.45, 2.75) is 25.8 Å². The lowest BCUT2D eigenvalue weighted by atomic mass is 9.95. The van der Waals surface area contributed by atoms with E-state index in [4.69, 9.17) is 4.74 Å². The quantitative estimate of drug-likeness (QED) is 0.843. The molecule has 1 heterocycles. The van der Waals surface area contributed by atoms with Crippen LogP contribution in [0.15, 0.2) is 42.5 Å². The minimum atomic E-state index is 0.133. The van der Waals surface area contributed by atoms with Gasteiger partial charge in [-0.2, -0.15) is 0 Å². The lowest BCUT2D eigenvalue weighted by Gasteiger charge is -2.25. The Morgan fingerprint density at radius 3 is 2.73 bits per heavy atom. The number of hydrogen-bond acceptors (Lipinski definition) is 3. The predicted octanol–water partition coefficient (Wildman–Crippen LogP) is 3.56. The molecule has 2 aromatic rings. The van der Waals surface area contributed by atoms with E-state index in [0.29, 0.717) is 0 Å². The first kappa shape index (κ1) is 18.5. The largest absolute Gasteiger partial charge is 0.497 e. The monoisotopic (exact) mass is 352 g/mol. The van der Waals surface area contributed by atoms with Crippen LogP contribution in [0.2, 0.25) is 0 Å². The van der Waals surface area contributed by atoms with E-state index in [9.17, 15) is 4.79 Å². The molecule has 3 rings (SSSR count). The van der Waals surface area contributed by atoms with Crippen LogP contribution in [0.3, 0.4) is 0 Å². The van der Waals surface area contributed by atoms with Crippen LogP contribution in [0.25, 0.3) is 0 Å². The van der Waals surface area contributed by atoms with Crippen molar-refractivity contribution in [1.82, 2.24) is 9.80 Å². The van der Waals surface area contributed by atoms with Gasteiger partial charge in [-0.3, -0.25) is 4.79 Å². The summed E-state index contributed by atoms with van der Waals surface area (Å²) >= 11 is 0. The molecule has 4 nitrogen and oxygen atoms in total. The van der Waals surface area contributed by atoms with Gasteiger partial charge in [0.15, 0.2) is 0 Å². The van der Waals surface area contributed by atoms with Crippen LogP contribution in [-0.2, 0) is 13.0 Å². The average Bonchev–Trinajstić information content (AvgIpc) is 2.80. The van der Waals surface area contributed by atoms with Gasteiger partial charge in [0.05, 0.1) is 7.11 Å². The number of carbonyl (C=O) groups excluding carboxylic acids is 1. The molecule has 0 fully saturated rings. The molecule has 2 aromatic carbocycles. The van der Waals surface area contributed by atoms with Crippen molar-refractivity contribution in [3.63, 3.8) is 0 Å². The van der Waals surface area contributed by atoms with Crippen molar-refractivity contribution in [3.8, 4) is 5.75 Å². The van der Waals surface area contributed by atoms with Crippen LogP contribution in [0.1, 0.15) is 39.9 Å². The first-order chi connectivity index (χ1) is 12.5. The third-order valence-electron chi connectivity index (χ3n) is 5.05. The van der Waals surface area contributed by atoms with Crippen LogP contribution >= 0.6 is 0 Å². The van der Waals surface area contributed by atoms with Gasteiger partial charge in [-0.25, -0.2) is 0 Å². The maximum Gasteiger partial charge on any atom is 0.254 e. The van der Waals surface area contributed by atoms with Crippen LogP contribution in [-0.4, -0.2) is 50.0 Å². The Morgan fingerprint density at radius 1 is 1.23 bits per heavy atom. The van der Waals surface area contributed by atoms with Gasteiger partial charge in [0.1, 0.15) is 5.75 Å². The SMILES string of the molecule is COc1ccc2c(c1)C(C)CN(C(=O)c1ccccc1CN(C)C)CC2. The van der Waals surface area contributed by atoms with Crippen molar-refractivity contribution in [1.29, 1.82) is 0 Å². The average molecular weight is 352 g/mol. The fourth-order valence-electron chi connectivity index (χ4n) is 3.72. The first-order valence-corrected chi connectivity index (χ1v) is 9.18. The standard InChI is InChI=1S/C22H28N2O2/c1-16-14-24(12-11-17-9-10-19(26-4)13-21(16)17)22(25)20-8-6-5-7-18(20)15-23(2)3/h5-10,13,16H,11-12,14-15H2,1-4H3. The van der Waals surface area contributed by atoms with E-state index in [1.54, 1.807) is 7.11 Å². The molecule has 0 spiro atoms. The van der Waals surface area contributed by atoms with E-state index in [-0.39, 0.29) is 11.8 Å². The number of benzene rings is 2. The second-order valence-corrected chi connectivity index (χ2v) is 7.36. The van der Waals surface area contributed by atoms with E-state index in [1.807, 2.05) is 49.3 Å². The van der Waals surface area contributed by atoms with Crippen molar-refractivity contribution < 1.29 is 9.53 Å². The van der Waals surface area contributed by atoms with Gasteiger partial charge in [-0.05, 0) is 61.3 Å². The van der Waals surface area contributed by atoms with Crippen molar-refractivity contribution >= 4 is 5.91 Å².